The van der Waals surface area contributed by atoms with E-state index in [0.29, 0.717) is 12.1 Å². The Bertz CT molecular complexity index is 1420. The molecule has 3 aromatic heterocycles. The quantitative estimate of drug-likeness (QED) is 0.469. The molecular formula is C23H18F2N6. The lowest BCUT2D eigenvalue weighted by Gasteiger charge is -2.18. The Morgan fingerprint density at radius 3 is 2.87 bits per heavy atom. The van der Waals surface area contributed by atoms with Crippen LogP contribution in [-0.2, 0) is 0 Å². The Kier molecular flexibility index (Phi) is 3.99. The third-order valence-corrected chi connectivity index (χ3v) is 6.00. The summed E-state index contributed by atoms with van der Waals surface area (Å²) < 4.78 is 29.7. The molecule has 4 heterocycles. The van der Waals surface area contributed by atoms with Gasteiger partial charge in [0.25, 0.3) is 0 Å². The maximum Gasteiger partial charge on any atom is 0.154 e. The standard InChI is InChI=1S/C23H18F2N6/c24-17-3-4-19(25)18(10-17)16-7-8-30(13-16)23-6-5-22-26-12-21(31(22)29-23)14-1-2-15-11-27-28-20(15)9-14/h1-6,9-12,16H,7-8,13H2,(H,27,28). The summed E-state index contributed by atoms with van der Waals surface area (Å²) in [7, 11) is 0. The number of H-pyrrole nitrogens is 1. The van der Waals surface area contributed by atoms with Gasteiger partial charge in [-0.3, -0.25) is 5.10 Å². The molecule has 0 aliphatic carbocycles. The van der Waals surface area contributed by atoms with Crippen LogP contribution in [-0.4, -0.2) is 37.9 Å². The number of anilines is 1. The summed E-state index contributed by atoms with van der Waals surface area (Å²) in [6.07, 6.45) is 4.33. The molecule has 6 nitrogen and oxygen atoms in total. The first-order valence-corrected chi connectivity index (χ1v) is 10.1. The molecule has 1 unspecified atom stereocenters. The van der Waals surface area contributed by atoms with Crippen molar-refractivity contribution in [1.82, 2.24) is 24.8 Å². The molecule has 31 heavy (non-hydrogen) atoms. The van der Waals surface area contributed by atoms with E-state index in [1.807, 2.05) is 34.8 Å². The first-order valence-electron chi connectivity index (χ1n) is 10.1. The van der Waals surface area contributed by atoms with E-state index in [1.54, 1.807) is 12.4 Å². The van der Waals surface area contributed by atoms with Crippen molar-refractivity contribution in [2.75, 3.05) is 18.0 Å². The minimum absolute atomic E-state index is 0.0711. The highest BCUT2D eigenvalue weighted by molar-refractivity contribution is 5.83. The number of aromatic nitrogens is 5. The number of aromatic amines is 1. The second-order valence-corrected chi connectivity index (χ2v) is 7.87. The van der Waals surface area contributed by atoms with Crippen LogP contribution in [0.3, 0.4) is 0 Å². The monoisotopic (exact) mass is 416 g/mol. The summed E-state index contributed by atoms with van der Waals surface area (Å²) in [5.74, 6) is -0.0543. The van der Waals surface area contributed by atoms with E-state index >= 15 is 0 Å². The molecule has 2 aromatic carbocycles. The Balaban J connectivity index is 1.34. The van der Waals surface area contributed by atoms with E-state index in [9.17, 15) is 8.78 Å². The lowest BCUT2D eigenvalue weighted by atomic mass is 9.98. The zero-order valence-electron chi connectivity index (χ0n) is 16.5. The Hall–Kier alpha value is -3.81. The van der Waals surface area contributed by atoms with Gasteiger partial charge < -0.3 is 4.90 Å². The van der Waals surface area contributed by atoms with Crippen molar-refractivity contribution in [2.24, 2.45) is 0 Å². The summed E-state index contributed by atoms with van der Waals surface area (Å²) >= 11 is 0. The Labute approximate surface area is 176 Å². The van der Waals surface area contributed by atoms with E-state index in [1.165, 1.54) is 12.1 Å². The summed E-state index contributed by atoms with van der Waals surface area (Å²) in [4.78, 5) is 6.59. The highest BCUT2D eigenvalue weighted by atomic mass is 19.1. The second-order valence-electron chi connectivity index (χ2n) is 7.87. The largest absolute Gasteiger partial charge is 0.355 e. The molecule has 0 bridgehead atoms. The molecule has 5 aromatic rings. The van der Waals surface area contributed by atoms with Gasteiger partial charge in [0, 0.05) is 30.0 Å². The Morgan fingerprint density at radius 2 is 1.94 bits per heavy atom. The van der Waals surface area contributed by atoms with Gasteiger partial charge in [-0.05, 0) is 48.4 Å². The van der Waals surface area contributed by atoms with E-state index in [4.69, 9.17) is 5.10 Å². The molecule has 1 saturated heterocycles. The van der Waals surface area contributed by atoms with Gasteiger partial charge in [0.15, 0.2) is 5.65 Å². The molecule has 0 radical (unpaired) electrons. The predicted octanol–water partition coefficient (Wildman–Crippen LogP) is 4.54. The fourth-order valence-corrected chi connectivity index (χ4v) is 4.38. The molecule has 1 N–H and O–H groups in total. The molecule has 0 amide bonds. The number of nitrogens with one attached hydrogen (secondary N) is 1. The average Bonchev–Trinajstić information content (AvgIpc) is 3.53. The normalized spacial score (nSPS) is 16.6. The van der Waals surface area contributed by atoms with E-state index in [0.717, 1.165) is 52.7 Å². The number of imidazole rings is 1. The number of rotatable bonds is 3. The number of halogens is 2. The first-order chi connectivity index (χ1) is 15.2. The van der Waals surface area contributed by atoms with Crippen LogP contribution >= 0.6 is 0 Å². The molecule has 1 aliphatic rings. The lowest BCUT2D eigenvalue weighted by molar-refractivity contribution is 0.568. The molecule has 6 rings (SSSR count). The number of hydrogen-bond acceptors (Lipinski definition) is 4. The third kappa shape index (κ3) is 3.02. The Morgan fingerprint density at radius 1 is 1.00 bits per heavy atom. The van der Waals surface area contributed by atoms with Crippen molar-refractivity contribution in [3.05, 3.63) is 78.1 Å². The van der Waals surface area contributed by atoms with Crippen molar-refractivity contribution in [3.63, 3.8) is 0 Å². The van der Waals surface area contributed by atoms with Crippen LogP contribution < -0.4 is 4.90 Å². The van der Waals surface area contributed by atoms with Crippen LogP contribution in [0.2, 0.25) is 0 Å². The molecule has 0 saturated carbocycles. The zero-order chi connectivity index (χ0) is 20.9. The fraction of sp³-hybridized carbons (Fsp3) is 0.174. The second kappa shape index (κ2) is 6.87. The minimum atomic E-state index is -0.410. The smallest absolute Gasteiger partial charge is 0.154 e. The van der Waals surface area contributed by atoms with Crippen molar-refractivity contribution in [1.29, 1.82) is 0 Å². The SMILES string of the molecule is Fc1ccc(F)c(C2CCN(c3ccc4ncc(-c5ccc6cn[nH]c6c5)n4n3)C2)c1. The van der Waals surface area contributed by atoms with Crippen LogP contribution in [0.4, 0.5) is 14.6 Å². The summed E-state index contributed by atoms with van der Waals surface area (Å²) in [6, 6.07) is 13.6. The molecular weight excluding hydrogens is 398 g/mol. The van der Waals surface area contributed by atoms with E-state index in [2.05, 4.69) is 20.1 Å². The summed E-state index contributed by atoms with van der Waals surface area (Å²) in [5, 5.41) is 12.9. The fourth-order valence-electron chi connectivity index (χ4n) is 4.38. The minimum Gasteiger partial charge on any atom is -0.355 e. The van der Waals surface area contributed by atoms with Crippen molar-refractivity contribution in [2.45, 2.75) is 12.3 Å². The third-order valence-electron chi connectivity index (χ3n) is 6.00. The molecule has 1 fully saturated rings. The topological polar surface area (TPSA) is 62.1 Å². The molecule has 1 atom stereocenters. The van der Waals surface area contributed by atoms with Crippen molar-refractivity contribution in [3.8, 4) is 11.3 Å². The van der Waals surface area contributed by atoms with E-state index in [-0.39, 0.29) is 11.7 Å². The van der Waals surface area contributed by atoms with Gasteiger partial charge in [0.2, 0.25) is 0 Å². The number of nitrogens with zero attached hydrogens (tertiary/aromatic N) is 5. The zero-order valence-corrected chi connectivity index (χ0v) is 16.5. The summed E-state index contributed by atoms with van der Waals surface area (Å²) in [6.45, 7) is 1.31. The van der Waals surface area contributed by atoms with Gasteiger partial charge in [0.05, 0.1) is 23.6 Å². The van der Waals surface area contributed by atoms with E-state index < -0.39 is 5.82 Å². The number of hydrogen-bond donors (Lipinski definition) is 1. The van der Waals surface area contributed by atoms with Crippen LogP contribution in [0, 0.1) is 11.6 Å². The maximum atomic E-state index is 14.2. The predicted molar refractivity (Wildman–Crippen MR) is 114 cm³/mol. The van der Waals surface area contributed by atoms with Crippen LogP contribution in [0.5, 0.6) is 0 Å². The van der Waals surface area contributed by atoms with Gasteiger partial charge in [-0.15, -0.1) is 5.10 Å². The highest BCUT2D eigenvalue weighted by Gasteiger charge is 2.27. The maximum absolute atomic E-state index is 14.2. The molecule has 0 spiro atoms. The van der Waals surface area contributed by atoms with Gasteiger partial charge in [-0.1, -0.05) is 12.1 Å². The molecule has 1 aliphatic heterocycles. The molecule has 154 valence electrons. The van der Waals surface area contributed by atoms with Gasteiger partial charge >= 0.3 is 0 Å². The summed E-state index contributed by atoms with van der Waals surface area (Å²) in [5.41, 5.74) is 3.98. The lowest BCUT2D eigenvalue weighted by Crippen LogP contribution is -2.21. The first kappa shape index (κ1) is 18.0. The van der Waals surface area contributed by atoms with Gasteiger partial charge in [-0.2, -0.15) is 5.10 Å². The van der Waals surface area contributed by atoms with Crippen molar-refractivity contribution < 1.29 is 8.78 Å². The number of benzene rings is 2. The highest BCUT2D eigenvalue weighted by Crippen LogP contribution is 2.32. The average molecular weight is 416 g/mol. The van der Waals surface area contributed by atoms with Gasteiger partial charge in [-0.25, -0.2) is 18.3 Å². The van der Waals surface area contributed by atoms with Crippen LogP contribution in [0.1, 0.15) is 17.9 Å². The molecule has 8 heteroatoms. The van der Waals surface area contributed by atoms with Crippen LogP contribution in [0.25, 0.3) is 27.8 Å². The van der Waals surface area contributed by atoms with Crippen molar-refractivity contribution >= 4 is 22.4 Å². The van der Waals surface area contributed by atoms with Gasteiger partial charge in [0.1, 0.15) is 17.5 Å². The number of fused-ring (bicyclic) bond motifs is 2. The van der Waals surface area contributed by atoms with Crippen LogP contribution in [0.15, 0.2) is 60.9 Å².